The number of pyridine rings is 1. The number of hydrogen-bond acceptors (Lipinski definition) is 8. The largest absolute Gasteiger partial charge is 0.408 e. The lowest BCUT2D eigenvalue weighted by molar-refractivity contribution is -0.164. The van der Waals surface area contributed by atoms with E-state index in [1.165, 1.54) is 31.0 Å². The predicted molar refractivity (Wildman–Crippen MR) is 155 cm³/mol. The second kappa shape index (κ2) is 12.3. The number of hydrazone groups is 1. The molecule has 0 saturated carbocycles. The Morgan fingerprint density at radius 1 is 1.14 bits per heavy atom. The molecule has 11 nitrogen and oxygen atoms in total. The highest BCUT2D eigenvalue weighted by Crippen LogP contribution is 2.39. The van der Waals surface area contributed by atoms with E-state index >= 15 is 0 Å². The van der Waals surface area contributed by atoms with E-state index in [1.807, 2.05) is 0 Å². The number of likely N-dealkylation sites (tertiary alicyclic amines) is 1. The van der Waals surface area contributed by atoms with E-state index in [9.17, 15) is 36.0 Å². The Balaban J connectivity index is 1.65. The van der Waals surface area contributed by atoms with Gasteiger partial charge < -0.3 is 16.0 Å². The number of fused-ring (bicyclic) bond motifs is 1. The normalized spacial score (nSPS) is 19.8. The Morgan fingerprint density at radius 2 is 1.82 bits per heavy atom. The van der Waals surface area contributed by atoms with E-state index in [-0.39, 0.29) is 49.4 Å². The molecule has 15 heteroatoms. The average Bonchev–Trinajstić information content (AvgIpc) is 3.18. The van der Waals surface area contributed by atoms with Gasteiger partial charge in [-0.1, -0.05) is 24.3 Å². The molecule has 1 aromatic heterocycles. The van der Waals surface area contributed by atoms with Crippen LogP contribution >= 0.6 is 0 Å². The summed E-state index contributed by atoms with van der Waals surface area (Å²) in [4.78, 5) is 46.3. The van der Waals surface area contributed by atoms with E-state index < -0.39 is 57.3 Å². The topological polar surface area (TPSA) is 155 Å². The van der Waals surface area contributed by atoms with Crippen LogP contribution < -0.4 is 11.1 Å². The number of carbonyl (C=O) groups is 3. The molecule has 3 N–H and O–H groups in total. The molecule has 238 valence electrons. The molecule has 2 atom stereocenters. The molecule has 0 bridgehead atoms. The van der Waals surface area contributed by atoms with Crippen LogP contribution in [-0.2, 0) is 37.1 Å². The van der Waals surface area contributed by atoms with Crippen molar-refractivity contribution in [2.45, 2.75) is 62.2 Å². The van der Waals surface area contributed by atoms with Crippen LogP contribution in [0.5, 0.6) is 0 Å². The lowest BCUT2D eigenvalue weighted by Crippen LogP contribution is -2.61. The molecular weight excluding hydrogens is 601 g/mol. The number of alkyl halides is 3. The van der Waals surface area contributed by atoms with Crippen molar-refractivity contribution in [3.05, 3.63) is 59.9 Å². The van der Waals surface area contributed by atoms with Crippen LogP contribution in [0, 0.1) is 5.41 Å². The first-order chi connectivity index (χ1) is 20.4. The first-order valence-electron chi connectivity index (χ1n) is 13.9. The van der Waals surface area contributed by atoms with E-state index in [2.05, 4.69) is 15.4 Å². The zero-order chi connectivity index (χ0) is 32.5. The molecule has 1 saturated heterocycles. The summed E-state index contributed by atoms with van der Waals surface area (Å²) in [6.07, 6.45) is -2.09. The highest BCUT2D eigenvalue weighted by Gasteiger charge is 2.56. The molecular formula is C29H35F3N6O5S. The third-order valence-electron chi connectivity index (χ3n) is 7.63. The van der Waals surface area contributed by atoms with Crippen LogP contribution in [0.2, 0.25) is 0 Å². The van der Waals surface area contributed by atoms with Crippen molar-refractivity contribution in [3.63, 3.8) is 0 Å². The van der Waals surface area contributed by atoms with Gasteiger partial charge in [0.1, 0.15) is 18.0 Å². The summed E-state index contributed by atoms with van der Waals surface area (Å²) in [6.45, 7) is 1.10. The van der Waals surface area contributed by atoms with Crippen molar-refractivity contribution in [3.8, 4) is 0 Å². The number of amides is 3. The van der Waals surface area contributed by atoms with Crippen molar-refractivity contribution in [1.29, 1.82) is 0 Å². The van der Waals surface area contributed by atoms with Crippen molar-refractivity contribution >= 4 is 33.3 Å². The fourth-order valence-electron chi connectivity index (χ4n) is 5.46. The third kappa shape index (κ3) is 7.44. The third-order valence-corrected chi connectivity index (χ3v) is 8.83. The van der Waals surface area contributed by atoms with Gasteiger partial charge in [0.2, 0.25) is 11.8 Å². The van der Waals surface area contributed by atoms with E-state index in [0.717, 1.165) is 6.26 Å². The monoisotopic (exact) mass is 636 g/mol. The Bertz CT molecular complexity index is 1560. The number of nitrogens with zero attached hydrogens (tertiary/aromatic N) is 4. The Labute approximate surface area is 253 Å². The molecule has 2 aromatic rings. The summed E-state index contributed by atoms with van der Waals surface area (Å²) in [7, 11) is -3.58. The smallest absolute Gasteiger partial charge is 0.343 e. The molecule has 3 amide bonds. The van der Waals surface area contributed by atoms with Crippen LogP contribution in [0.3, 0.4) is 0 Å². The summed E-state index contributed by atoms with van der Waals surface area (Å²) in [6, 6.07) is 10.1. The van der Waals surface area contributed by atoms with Crippen LogP contribution in [0.4, 0.5) is 13.2 Å². The lowest BCUT2D eigenvalue weighted by Gasteiger charge is -2.40. The van der Waals surface area contributed by atoms with Crippen molar-refractivity contribution in [2.24, 2.45) is 16.3 Å². The fourth-order valence-corrected chi connectivity index (χ4v) is 6.43. The molecule has 2 aliphatic heterocycles. The number of benzene rings is 1. The molecule has 2 aliphatic rings. The number of nitrogens with one attached hydrogen (secondary N) is 1. The summed E-state index contributed by atoms with van der Waals surface area (Å²) in [5.74, 6) is -2.11. The molecule has 1 fully saturated rings. The van der Waals surface area contributed by atoms with E-state index in [4.69, 9.17) is 5.73 Å². The van der Waals surface area contributed by atoms with Gasteiger partial charge in [0.15, 0.2) is 9.84 Å². The van der Waals surface area contributed by atoms with Crippen LogP contribution in [0.25, 0.3) is 0 Å². The summed E-state index contributed by atoms with van der Waals surface area (Å²) in [5, 5.41) is 7.12. The van der Waals surface area contributed by atoms with Gasteiger partial charge in [0.25, 0.3) is 5.91 Å². The SMILES string of the molecule is CC(C)(N)C(=O)NC(CCc1ccccc1S(C)(=O)=O)C(=O)N1CCC2=NN(CC(F)(F)F)C(=O)C2(Cc2ccccn2)C1. The predicted octanol–water partition coefficient (Wildman–Crippen LogP) is 1.86. The van der Waals surface area contributed by atoms with Gasteiger partial charge in [0, 0.05) is 44.1 Å². The Hall–Kier alpha value is -3.85. The number of aryl methyl sites for hydroxylation is 1. The highest BCUT2D eigenvalue weighted by atomic mass is 32.2. The minimum absolute atomic E-state index is 0.00792. The van der Waals surface area contributed by atoms with Crippen molar-refractivity contribution in [1.82, 2.24) is 20.2 Å². The first kappa shape index (κ1) is 33.1. The van der Waals surface area contributed by atoms with Crippen LogP contribution in [0.1, 0.15) is 37.9 Å². The number of hydrogen-bond donors (Lipinski definition) is 2. The molecule has 0 aliphatic carbocycles. The number of halogens is 3. The quantitative estimate of drug-likeness (QED) is 0.404. The molecule has 2 unspecified atom stereocenters. The Kier molecular flexibility index (Phi) is 9.22. The maximum absolute atomic E-state index is 14.1. The maximum Gasteiger partial charge on any atom is 0.408 e. The highest BCUT2D eigenvalue weighted by molar-refractivity contribution is 7.90. The van der Waals surface area contributed by atoms with Crippen LogP contribution in [0.15, 0.2) is 58.7 Å². The van der Waals surface area contributed by atoms with Gasteiger partial charge in [-0.15, -0.1) is 0 Å². The maximum atomic E-state index is 14.1. The van der Waals surface area contributed by atoms with Gasteiger partial charge in [-0.3, -0.25) is 19.4 Å². The number of nitrogens with two attached hydrogens (primary N) is 1. The second-order valence-corrected chi connectivity index (χ2v) is 13.8. The number of rotatable bonds is 10. The number of piperidine rings is 1. The summed E-state index contributed by atoms with van der Waals surface area (Å²) < 4.78 is 64.7. The molecule has 4 rings (SSSR count). The fraction of sp³-hybridized carbons (Fsp3) is 0.483. The van der Waals surface area contributed by atoms with Crippen LogP contribution in [-0.4, -0.2) is 90.4 Å². The minimum Gasteiger partial charge on any atom is -0.343 e. The summed E-state index contributed by atoms with van der Waals surface area (Å²) >= 11 is 0. The standard InChI is InChI=1S/C29H35F3N6O5S/c1-27(2,33)25(40)35-21(12-11-19-8-4-5-10-22(19)44(3,42)43)24(39)37-15-13-23-28(17-37,16-20-9-6-7-14-34-20)26(41)38(36-23)18-29(30,31)32/h4-10,14,21H,11-13,15-18,33H2,1-3H3,(H,35,40). The van der Waals surface area contributed by atoms with Crippen molar-refractivity contribution < 1.29 is 36.0 Å². The number of sulfone groups is 1. The molecule has 0 spiro atoms. The molecule has 44 heavy (non-hydrogen) atoms. The first-order valence-corrected chi connectivity index (χ1v) is 15.8. The molecule has 0 radical (unpaired) electrons. The molecule has 3 heterocycles. The Morgan fingerprint density at radius 3 is 2.43 bits per heavy atom. The minimum atomic E-state index is -4.69. The summed E-state index contributed by atoms with van der Waals surface area (Å²) in [5.41, 5.74) is 4.14. The van der Waals surface area contributed by atoms with Gasteiger partial charge in [-0.2, -0.15) is 18.3 Å². The number of aromatic nitrogens is 1. The van der Waals surface area contributed by atoms with Gasteiger partial charge >= 0.3 is 6.18 Å². The second-order valence-electron chi connectivity index (χ2n) is 11.8. The van der Waals surface area contributed by atoms with Gasteiger partial charge in [0.05, 0.1) is 16.1 Å². The average molecular weight is 637 g/mol. The number of carbonyl (C=O) groups excluding carboxylic acids is 3. The lowest BCUT2D eigenvalue weighted by atomic mass is 9.74. The van der Waals surface area contributed by atoms with Gasteiger partial charge in [-0.05, 0) is 50.5 Å². The van der Waals surface area contributed by atoms with Gasteiger partial charge in [-0.25, -0.2) is 13.4 Å². The zero-order valence-corrected chi connectivity index (χ0v) is 25.4. The van der Waals surface area contributed by atoms with E-state index in [1.54, 1.807) is 36.4 Å². The molecule has 1 aromatic carbocycles. The van der Waals surface area contributed by atoms with E-state index in [0.29, 0.717) is 16.3 Å². The zero-order valence-electron chi connectivity index (χ0n) is 24.6. The van der Waals surface area contributed by atoms with Crippen molar-refractivity contribution in [2.75, 3.05) is 25.9 Å².